The van der Waals surface area contributed by atoms with Crippen LogP contribution in [0.15, 0.2) is 18.2 Å². The van der Waals surface area contributed by atoms with Crippen LogP contribution >= 0.6 is 0 Å². The van der Waals surface area contributed by atoms with Crippen molar-refractivity contribution in [2.24, 2.45) is 5.92 Å². The van der Waals surface area contributed by atoms with Crippen molar-refractivity contribution < 1.29 is 19.9 Å². The van der Waals surface area contributed by atoms with Gasteiger partial charge in [-0.15, -0.1) is 0 Å². The van der Waals surface area contributed by atoms with Crippen LogP contribution in [0.4, 0.5) is 11.4 Å². The van der Waals surface area contributed by atoms with Crippen molar-refractivity contribution in [1.82, 2.24) is 0 Å². The first-order valence-corrected chi connectivity index (χ1v) is 6.92. The van der Waals surface area contributed by atoms with E-state index in [0.29, 0.717) is 5.69 Å². The maximum atomic E-state index is 11.3. The Morgan fingerprint density at radius 3 is 2.71 bits per heavy atom. The summed E-state index contributed by atoms with van der Waals surface area (Å²) >= 11 is 0. The lowest BCUT2D eigenvalue weighted by atomic mass is 9.85. The first-order chi connectivity index (χ1) is 10.0. The molecule has 21 heavy (non-hydrogen) atoms. The van der Waals surface area contributed by atoms with Gasteiger partial charge in [-0.05, 0) is 18.9 Å². The van der Waals surface area contributed by atoms with Crippen LogP contribution in [0.3, 0.4) is 0 Å². The van der Waals surface area contributed by atoms with Gasteiger partial charge in [-0.25, -0.2) is 4.79 Å². The average molecular weight is 294 g/mol. The molecular weight excluding hydrogens is 276 g/mol. The number of nitrogens with one attached hydrogen (secondary N) is 1. The van der Waals surface area contributed by atoms with Gasteiger partial charge in [-0.1, -0.05) is 12.8 Å². The topological polar surface area (TPSA) is 113 Å². The smallest absolute Gasteiger partial charge is 0.338 e. The van der Waals surface area contributed by atoms with Gasteiger partial charge >= 0.3 is 5.97 Å². The van der Waals surface area contributed by atoms with Crippen molar-refractivity contribution in [2.45, 2.75) is 31.7 Å². The van der Waals surface area contributed by atoms with Crippen LogP contribution in [0.5, 0.6) is 0 Å². The van der Waals surface area contributed by atoms with E-state index >= 15 is 0 Å². The number of aliphatic hydroxyl groups excluding tert-OH is 1. The quantitative estimate of drug-likeness (QED) is 0.567. The predicted octanol–water partition coefficient (Wildman–Crippen LogP) is 2.26. The number of hydrogen-bond donors (Lipinski definition) is 3. The number of rotatable bonds is 5. The van der Waals surface area contributed by atoms with Crippen molar-refractivity contribution in [3.05, 3.63) is 33.9 Å². The number of aliphatic hydroxyl groups is 1. The zero-order chi connectivity index (χ0) is 15.4. The van der Waals surface area contributed by atoms with Crippen molar-refractivity contribution in [3.8, 4) is 0 Å². The second-order valence-electron chi connectivity index (χ2n) is 5.27. The molecule has 0 saturated heterocycles. The highest BCUT2D eigenvalue weighted by Gasteiger charge is 2.26. The van der Waals surface area contributed by atoms with Crippen molar-refractivity contribution >= 4 is 17.3 Å². The van der Waals surface area contributed by atoms with Crippen LogP contribution < -0.4 is 5.32 Å². The molecule has 1 aromatic carbocycles. The fourth-order valence-electron chi connectivity index (χ4n) is 2.76. The van der Waals surface area contributed by atoms with Gasteiger partial charge in [0.1, 0.15) is 0 Å². The van der Waals surface area contributed by atoms with Crippen LogP contribution in [0, 0.1) is 16.0 Å². The molecule has 0 amide bonds. The fraction of sp³-hybridized carbons (Fsp3) is 0.500. The molecule has 0 aromatic heterocycles. The Morgan fingerprint density at radius 1 is 1.38 bits per heavy atom. The minimum Gasteiger partial charge on any atom is -0.478 e. The van der Waals surface area contributed by atoms with Crippen molar-refractivity contribution in [2.75, 3.05) is 11.9 Å². The first-order valence-electron chi connectivity index (χ1n) is 6.92. The summed E-state index contributed by atoms with van der Waals surface area (Å²) < 4.78 is 0. The molecule has 2 atom stereocenters. The van der Waals surface area contributed by atoms with Gasteiger partial charge in [-0.3, -0.25) is 10.1 Å². The number of nitro benzene ring substituents is 1. The third-order valence-corrected chi connectivity index (χ3v) is 3.93. The highest BCUT2D eigenvalue weighted by molar-refractivity contribution is 5.95. The number of benzene rings is 1. The van der Waals surface area contributed by atoms with Crippen LogP contribution in [0.1, 0.15) is 36.0 Å². The molecular formula is C14H18N2O5. The standard InChI is InChI=1S/C14H18N2O5/c17-8-9-3-1-2-4-12(9)15-13-6-5-10(16(20)21)7-11(13)14(18)19/h5-7,9,12,15,17H,1-4,8H2,(H,18,19). The van der Waals surface area contributed by atoms with E-state index in [4.69, 9.17) is 0 Å². The summed E-state index contributed by atoms with van der Waals surface area (Å²) in [6, 6.07) is 3.75. The number of anilines is 1. The van der Waals surface area contributed by atoms with Crippen LogP contribution in [-0.2, 0) is 0 Å². The summed E-state index contributed by atoms with van der Waals surface area (Å²) in [4.78, 5) is 21.4. The summed E-state index contributed by atoms with van der Waals surface area (Å²) in [7, 11) is 0. The normalized spacial score (nSPS) is 21.8. The van der Waals surface area contributed by atoms with Crippen molar-refractivity contribution in [3.63, 3.8) is 0 Å². The summed E-state index contributed by atoms with van der Waals surface area (Å²) in [6.07, 6.45) is 3.81. The molecule has 0 aliphatic heterocycles. The molecule has 1 aliphatic rings. The lowest BCUT2D eigenvalue weighted by Gasteiger charge is -2.32. The summed E-state index contributed by atoms with van der Waals surface area (Å²) in [6.45, 7) is 0.0487. The minimum atomic E-state index is -1.21. The summed E-state index contributed by atoms with van der Waals surface area (Å²) in [5, 5.41) is 32.5. The molecule has 1 saturated carbocycles. The zero-order valence-electron chi connectivity index (χ0n) is 11.5. The molecule has 7 heteroatoms. The number of carboxylic acid groups (broad SMARTS) is 1. The van der Waals surface area contributed by atoms with Gasteiger partial charge in [0.15, 0.2) is 0 Å². The molecule has 0 heterocycles. The van der Waals surface area contributed by atoms with E-state index < -0.39 is 10.9 Å². The van der Waals surface area contributed by atoms with Gasteiger partial charge < -0.3 is 15.5 Å². The molecule has 1 aliphatic carbocycles. The van der Waals surface area contributed by atoms with E-state index in [2.05, 4.69) is 5.32 Å². The van der Waals surface area contributed by atoms with E-state index in [1.165, 1.54) is 12.1 Å². The third-order valence-electron chi connectivity index (χ3n) is 3.93. The Kier molecular flexibility index (Phi) is 4.74. The highest BCUT2D eigenvalue weighted by Crippen LogP contribution is 2.29. The molecule has 0 spiro atoms. The fourth-order valence-corrected chi connectivity index (χ4v) is 2.76. The number of hydrogen-bond acceptors (Lipinski definition) is 5. The maximum Gasteiger partial charge on any atom is 0.338 e. The lowest BCUT2D eigenvalue weighted by Crippen LogP contribution is -2.34. The van der Waals surface area contributed by atoms with Crippen LogP contribution in [0.2, 0.25) is 0 Å². The largest absolute Gasteiger partial charge is 0.478 e. The second kappa shape index (κ2) is 6.53. The Morgan fingerprint density at radius 2 is 2.10 bits per heavy atom. The van der Waals surface area contributed by atoms with E-state index in [-0.39, 0.29) is 29.8 Å². The minimum absolute atomic E-state index is 0.0108. The van der Waals surface area contributed by atoms with Gasteiger partial charge in [0.25, 0.3) is 5.69 Å². The van der Waals surface area contributed by atoms with Crippen molar-refractivity contribution in [1.29, 1.82) is 0 Å². The number of carboxylic acids is 1. The van der Waals surface area contributed by atoms with Gasteiger partial charge in [0, 0.05) is 36.4 Å². The monoisotopic (exact) mass is 294 g/mol. The number of aromatic carboxylic acids is 1. The Labute approximate surface area is 121 Å². The van der Waals surface area contributed by atoms with E-state index in [0.717, 1.165) is 31.7 Å². The molecule has 2 rings (SSSR count). The number of nitrogens with zero attached hydrogens (tertiary/aromatic N) is 1. The Bertz CT molecular complexity index is 546. The molecule has 114 valence electrons. The molecule has 2 unspecified atom stereocenters. The third kappa shape index (κ3) is 3.49. The van der Waals surface area contributed by atoms with E-state index in [1.54, 1.807) is 0 Å². The summed E-state index contributed by atoms with van der Waals surface area (Å²) in [5.74, 6) is -1.13. The first kappa shape index (κ1) is 15.2. The number of non-ortho nitro benzene ring substituents is 1. The summed E-state index contributed by atoms with van der Waals surface area (Å²) in [5.41, 5.74) is -0.00906. The Hall–Kier alpha value is -2.15. The molecule has 1 aromatic rings. The molecule has 0 radical (unpaired) electrons. The lowest BCUT2D eigenvalue weighted by molar-refractivity contribution is -0.384. The van der Waals surface area contributed by atoms with Gasteiger partial charge in [0.05, 0.1) is 10.5 Å². The number of carbonyl (C=O) groups is 1. The SMILES string of the molecule is O=C(O)c1cc([N+](=O)[O-])ccc1NC1CCCCC1CO. The Balaban J connectivity index is 2.26. The zero-order valence-corrected chi connectivity index (χ0v) is 11.5. The van der Waals surface area contributed by atoms with Gasteiger partial charge in [0.2, 0.25) is 0 Å². The molecule has 0 bridgehead atoms. The van der Waals surface area contributed by atoms with Gasteiger partial charge in [-0.2, -0.15) is 0 Å². The highest BCUT2D eigenvalue weighted by atomic mass is 16.6. The molecule has 1 fully saturated rings. The predicted molar refractivity (Wildman–Crippen MR) is 76.5 cm³/mol. The second-order valence-corrected chi connectivity index (χ2v) is 5.27. The van der Waals surface area contributed by atoms with E-state index in [9.17, 15) is 25.1 Å². The maximum absolute atomic E-state index is 11.3. The number of nitro groups is 1. The average Bonchev–Trinajstić information content (AvgIpc) is 2.47. The molecule has 7 nitrogen and oxygen atoms in total. The van der Waals surface area contributed by atoms with Crippen LogP contribution in [0.25, 0.3) is 0 Å². The van der Waals surface area contributed by atoms with E-state index in [1.807, 2.05) is 0 Å². The van der Waals surface area contributed by atoms with Crippen LogP contribution in [-0.4, -0.2) is 33.8 Å². The molecule has 3 N–H and O–H groups in total.